The molecule has 4 aromatic carbocycles. The SMILES string of the molecule is Cc1ccccc1S(=O)(=O)O.O=Cc1ccc(-c2ccc3ncnc(Nc4ccc(OCc5cccc(F)c5)c(Cl)c4)c3c2)o1. The van der Waals surface area contributed by atoms with E-state index in [0.29, 0.717) is 45.5 Å². The molecule has 0 atom stereocenters. The molecule has 0 unspecified atom stereocenters. The maximum atomic E-state index is 13.4. The molecular weight excluding hydrogens is 621 g/mol. The molecule has 0 amide bonds. The van der Waals surface area contributed by atoms with Gasteiger partial charge in [0.05, 0.1) is 15.4 Å². The molecule has 45 heavy (non-hydrogen) atoms. The van der Waals surface area contributed by atoms with Crippen LogP contribution < -0.4 is 10.1 Å². The lowest BCUT2D eigenvalue weighted by Gasteiger charge is -2.12. The lowest BCUT2D eigenvalue weighted by molar-refractivity contribution is 0.110. The van der Waals surface area contributed by atoms with Crippen LogP contribution in [0.3, 0.4) is 0 Å². The zero-order chi connectivity index (χ0) is 32.0. The molecule has 0 aliphatic heterocycles. The Morgan fingerprint density at radius 1 is 0.978 bits per heavy atom. The summed E-state index contributed by atoms with van der Waals surface area (Å²) in [4.78, 5) is 19.6. The first-order chi connectivity index (χ1) is 21.6. The van der Waals surface area contributed by atoms with Gasteiger partial charge in [0.2, 0.25) is 0 Å². The second kappa shape index (κ2) is 13.7. The number of hydrogen-bond acceptors (Lipinski definition) is 8. The van der Waals surface area contributed by atoms with Gasteiger partial charge in [0.1, 0.15) is 36.1 Å². The number of nitrogens with one attached hydrogen (secondary N) is 1. The van der Waals surface area contributed by atoms with Crippen LogP contribution in [0, 0.1) is 12.7 Å². The second-order valence-electron chi connectivity index (χ2n) is 9.70. The van der Waals surface area contributed by atoms with E-state index in [1.54, 1.807) is 61.5 Å². The zero-order valence-electron chi connectivity index (χ0n) is 23.6. The molecule has 0 bridgehead atoms. The summed E-state index contributed by atoms with van der Waals surface area (Å²) in [5, 5.41) is 4.43. The number of nitrogens with zero attached hydrogens (tertiary/aromatic N) is 2. The maximum Gasteiger partial charge on any atom is 0.294 e. The molecule has 2 aromatic heterocycles. The zero-order valence-corrected chi connectivity index (χ0v) is 25.2. The van der Waals surface area contributed by atoms with Gasteiger partial charge in [-0.25, -0.2) is 14.4 Å². The number of aromatic nitrogens is 2. The summed E-state index contributed by atoms with van der Waals surface area (Å²) in [6.07, 6.45) is 2.13. The van der Waals surface area contributed by atoms with Crippen LogP contribution in [0.25, 0.3) is 22.2 Å². The number of aryl methyl sites for hydroxylation is 1. The van der Waals surface area contributed by atoms with Crippen molar-refractivity contribution < 1.29 is 31.3 Å². The first kappa shape index (κ1) is 31.3. The monoisotopic (exact) mass is 645 g/mol. The molecule has 9 nitrogen and oxygen atoms in total. The van der Waals surface area contributed by atoms with E-state index in [2.05, 4.69) is 15.3 Å². The number of anilines is 2. The number of carbonyl (C=O) groups is 1. The summed E-state index contributed by atoms with van der Waals surface area (Å²) in [6, 6.07) is 26.7. The Balaban J connectivity index is 0.000000309. The second-order valence-corrected chi connectivity index (χ2v) is 11.5. The number of hydrogen-bond donors (Lipinski definition) is 2. The third kappa shape index (κ3) is 7.90. The van der Waals surface area contributed by atoms with Gasteiger partial charge in [-0.3, -0.25) is 9.35 Å². The molecule has 2 heterocycles. The highest BCUT2D eigenvalue weighted by molar-refractivity contribution is 7.85. The summed E-state index contributed by atoms with van der Waals surface area (Å²) in [7, 11) is -4.03. The van der Waals surface area contributed by atoms with Gasteiger partial charge in [0, 0.05) is 16.6 Å². The van der Waals surface area contributed by atoms with Crippen LogP contribution in [0.15, 0.2) is 113 Å². The summed E-state index contributed by atoms with van der Waals surface area (Å²) in [5.74, 6) is 1.57. The molecule has 0 saturated carbocycles. The summed E-state index contributed by atoms with van der Waals surface area (Å²) in [6.45, 7) is 1.82. The lowest BCUT2D eigenvalue weighted by Crippen LogP contribution is -1.99. The average Bonchev–Trinajstić information content (AvgIpc) is 3.50. The fourth-order valence-electron chi connectivity index (χ4n) is 4.35. The molecule has 2 N–H and O–H groups in total. The highest BCUT2D eigenvalue weighted by Gasteiger charge is 2.12. The van der Waals surface area contributed by atoms with E-state index in [0.717, 1.165) is 16.5 Å². The van der Waals surface area contributed by atoms with Gasteiger partial charge >= 0.3 is 0 Å². The number of furan rings is 1. The van der Waals surface area contributed by atoms with E-state index in [-0.39, 0.29) is 23.1 Å². The molecule has 228 valence electrons. The van der Waals surface area contributed by atoms with Crippen molar-refractivity contribution in [2.24, 2.45) is 0 Å². The predicted octanol–water partition coefficient (Wildman–Crippen LogP) is 8.06. The Morgan fingerprint density at radius 3 is 2.49 bits per heavy atom. The number of aldehydes is 1. The van der Waals surface area contributed by atoms with E-state index in [9.17, 15) is 17.6 Å². The van der Waals surface area contributed by atoms with Crippen molar-refractivity contribution in [2.75, 3.05) is 5.32 Å². The molecule has 6 rings (SSSR count). The number of benzene rings is 4. The van der Waals surface area contributed by atoms with Gasteiger partial charge in [0.15, 0.2) is 12.0 Å². The number of rotatable bonds is 8. The summed E-state index contributed by atoms with van der Waals surface area (Å²) >= 11 is 6.42. The van der Waals surface area contributed by atoms with Gasteiger partial charge in [0.25, 0.3) is 10.1 Å². The van der Waals surface area contributed by atoms with Crippen molar-refractivity contribution in [3.8, 4) is 17.1 Å². The molecule has 0 aliphatic carbocycles. The highest BCUT2D eigenvalue weighted by atomic mass is 35.5. The molecule has 0 spiro atoms. The number of carbonyl (C=O) groups excluding carboxylic acids is 1. The Bertz CT molecular complexity index is 2100. The fraction of sp³-hybridized carbons (Fsp3) is 0.0606. The lowest BCUT2D eigenvalue weighted by atomic mass is 10.1. The van der Waals surface area contributed by atoms with Crippen molar-refractivity contribution >= 4 is 50.4 Å². The van der Waals surface area contributed by atoms with Crippen LogP contribution in [-0.4, -0.2) is 29.2 Å². The van der Waals surface area contributed by atoms with Gasteiger partial charge in [-0.1, -0.05) is 41.9 Å². The quantitative estimate of drug-likeness (QED) is 0.125. The number of ether oxygens (including phenoxy) is 1. The molecule has 0 aliphatic rings. The van der Waals surface area contributed by atoms with E-state index in [4.69, 9.17) is 25.3 Å². The smallest absolute Gasteiger partial charge is 0.294 e. The third-order valence-electron chi connectivity index (χ3n) is 6.51. The molecule has 12 heteroatoms. The predicted molar refractivity (Wildman–Crippen MR) is 169 cm³/mol. The average molecular weight is 646 g/mol. The van der Waals surface area contributed by atoms with Gasteiger partial charge in [-0.2, -0.15) is 8.42 Å². The van der Waals surface area contributed by atoms with Crippen molar-refractivity contribution in [1.82, 2.24) is 9.97 Å². The maximum absolute atomic E-state index is 13.4. The fourth-order valence-corrected chi connectivity index (χ4v) is 5.31. The molecule has 0 fully saturated rings. The number of fused-ring (bicyclic) bond motifs is 1. The van der Waals surface area contributed by atoms with Gasteiger partial charge in [-0.05, 0) is 84.8 Å². The van der Waals surface area contributed by atoms with Crippen molar-refractivity contribution in [2.45, 2.75) is 18.4 Å². The number of halogens is 2. The molecule has 0 saturated heterocycles. The Hall–Kier alpha value is -5.10. The van der Waals surface area contributed by atoms with Gasteiger partial charge < -0.3 is 14.5 Å². The largest absolute Gasteiger partial charge is 0.487 e. The van der Waals surface area contributed by atoms with E-state index >= 15 is 0 Å². The first-order valence-electron chi connectivity index (χ1n) is 13.4. The van der Waals surface area contributed by atoms with E-state index in [1.807, 2.05) is 24.3 Å². The van der Waals surface area contributed by atoms with Crippen LogP contribution >= 0.6 is 11.6 Å². The molecular formula is C33H25ClFN3O6S. The minimum atomic E-state index is -4.03. The van der Waals surface area contributed by atoms with E-state index < -0.39 is 10.1 Å². The molecule has 6 aromatic rings. The van der Waals surface area contributed by atoms with Crippen molar-refractivity contribution in [3.63, 3.8) is 0 Å². The van der Waals surface area contributed by atoms with Crippen molar-refractivity contribution in [1.29, 1.82) is 0 Å². The highest BCUT2D eigenvalue weighted by Crippen LogP contribution is 2.32. The van der Waals surface area contributed by atoms with Crippen LogP contribution in [0.1, 0.15) is 21.7 Å². The van der Waals surface area contributed by atoms with E-state index in [1.165, 1.54) is 24.5 Å². The topological polar surface area (TPSA) is 132 Å². The minimum Gasteiger partial charge on any atom is -0.487 e. The summed E-state index contributed by atoms with van der Waals surface area (Å²) < 4.78 is 54.5. The minimum absolute atomic E-state index is 0.0278. The van der Waals surface area contributed by atoms with Crippen LogP contribution in [0.4, 0.5) is 15.9 Å². The van der Waals surface area contributed by atoms with Gasteiger partial charge in [-0.15, -0.1) is 0 Å². The Morgan fingerprint density at radius 2 is 1.80 bits per heavy atom. The van der Waals surface area contributed by atoms with Crippen LogP contribution in [-0.2, 0) is 16.7 Å². The van der Waals surface area contributed by atoms with Crippen LogP contribution in [0.2, 0.25) is 5.02 Å². The Labute approximate surface area is 263 Å². The molecule has 0 radical (unpaired) electrons. The van der Waals surface area contributed by atoms with Crippen molar-refractivity contribution in [3.05, 3.63) is 131 Å². The van der Waals surface area contributed by atoms with Crippen LogP contribution in [0.5, 0.6) is 5.75 Å². The Kier molecular flexibility index (Phi) is 9.53. The third-order valence-corrected chi connectivity index (χ3v) is 7.82. The first-order valence-corrected chi connectivity index (χ1v) is 15.2. The standard InChI is InChI=1S/C26H17ClFN3O3.C7H8O3S/c27-22-12-19(5-8-25(22)33-14-16-2-1-3-18(28)10-16)31-26-21-11-17(4-7-23(21)29-15-30-26)24-9-6-20(13-32)34-24;1-6-4-2-3-5-7(6)11(8,9)10/h1-13,15H,14H2,(H,29,30,31);2-5H,1H3,(H,8,9,10). The normalized spacial score (nSPS) is 11.0. The summed E-state index contributed by atoms with van der Waals surface area (Å²) in [5.41, 5.74) is 3.49.